The smallest absolute Gasteiger partial charge is 0.328 e. The van der Waals surface area contributed by atoms with E-state index in [9.17, 15) is 9.59 Å². The number of carbonyl (C=O) groups excluding carboxylic acids is 2. The highest BCUT2D eigenvalue weighted by molar-refractivity contribution is 6.40. The van der Waals surface area contributed by atoms with E-state index >= 15 is 0 Å². The molecule has 0 bridgehead atoms. The number of aromatic amines is 1. The number of ether oxygens (including phenoxy) is 3. The highest BCUT2D eigenvalue weighted by atomic mass is 35.5. The Hall–Kier alpha value is -3.94. The van der Waals surface area contributed by atoms with Crippen molar-refractivity contribution in [1.29, 1.82) is 0 Å². The van der Waals surface area contributed by atoms with Gasteiger partial charge in [-0.25, -0.2) is 4.79 Å². The van der Waals surface area contributed by atoms with E-state index in [-0.39, 0.29) is 22.0 Å². The molecule has 0 aliphatic rings. The maximum Gasteiger partial charge on any atom is 0.328 e. The second kappa shape index (κ2) is 12.1. The molecule has 4 aromatic rings. The monoisotopic (exact) mass is 552 g/mol. The van der Waals surface area contributed by atoms with Crippen molar-refractivity contribution in [2.45, 2.75) is 12.5 Å². The Balaban J connectivity index is 1.56. The summed E-state index contributed by atoms with van der Waals surface area (Å²) in [7, 11) is 4.47. The first-order chi connectivity index (χ1) is 18.4. The molecular weight excluding hydrogens is 527 g/mol. The van der Waals surface area contributed by atoms with Crippen LogP contribution in [-0.2, 0) is 16.0 Å². The average Bonchev–Trinajstić information content (AvgIpc) is 3.47. The van der Waals surface area contributed by atoms with Gasteiger partial charge in [-0.1, -0.05) is 53.5 Å². The van der Waals surface area contributed by atoms with Crippen molar-refractivity contribution in [2.24, 2.45) is 0 Å². The number of halogens is 2. The molecule has 9 heteroatoms. The molecule has 3 aromatic carbocycles. The molecule has 7 nitrogen and oxygen atoms in total. The van der Waals surface area contributed by atoms with E-state index in [1.807, 2.05) is 54.6 Å². The minimum atomic E-state index is -0.964. The van der Waals surface area contributed by atoms with Crippen LogP contribution in [0.4, 0.5) is 0 Å². The van der Waals surface area contributed by atoms with Crippen molar-refractivity contribution in [3.05, 3.63) is 94.1 Å². The number of rotatable bonds is 9. The van der Waals surface area contributed by atoms with Crippen molar-refractivity contribution < 1.29 is 23.8 Å². The van der Waals surface area contributed by atoms with Gasteiger partial charge in [0.2, 0.25) is 0 Å². The molecule has 38 heavy (non-hydrogen) atoms. The van der Waals surface area contributed by atoms with Gasteiger partial charge in [-0.3, -0.25) is 4.79 Å². The van der Waals surface area contributed by atoms with Crippen LogP contribution in [0.3, 0.4) is 0 Å². The summed E-state index contributed by atoms with van der Waals surface area (Å²) in [5.74, 6) is 0.175. The highest BCUT2D eigenvalue weighted by Crippen LogP contribution is 2.38. The number of aromatic nitrogens is 1. The zero-order chi connectivity index (χ0) is 27.2. The molecule has 1 amide bonds. The summed E-state index contributed by atoms with van der Waals surface area (Å²) >= 11 is 12.9. The standard InChI is InChI=1S/C29H26Cl2N2O5/c1-36-24-7-4-8-25(37-2)26(24)18-11-9-17(10-12-18)14-23(29(35)38-3)33-28(34)27-20(30)15-19(16-21(27)31)22-6-5-13-32-22/h4-13,15-16,23,32H,14H2,1-3H3,(H,33,34)/t23-/m0/s1. The summed E-state index contributed by atoms with van der Waals surface area (Å²) in [5, 5.41) is 3.05. The van der Waals surface area contributed by atoms with E-state index in [4.69, 9.17) is 37.4 Å². The van der Waals surface area contributed by atoms with Gasteiger partial charge >= 0.3 is 5.97 Å². The summed E-state index contributed by atoms with van der Waals surface area (Å²) in [5.41, 5.74) is 4.12. The summed E-state index contributed by atoms with van der Waals surface area (Å²) < 4.78 is 16.0. The van der Waals surface area contributed by atoms with Crippen LogP contribution in [0, 0.1) is 0 Å². The first-order valence-corrected chi connectivity index (χ1v) is 12.4. The highest BCUT2D eigenvalue weighted by Gasteiger charge is 2.26. The van der Waals surface area contributed by atoms with Crippen molar-refractivity contribution >= 4 is 35.1 Å². The number of hydrogen-bond donors (Lipinski definition) is 2. The summed E-state index contributed by atoms with van der Waals surface area (Å²) in [6.45, 7) is 0. The lowest BCUT2D eigenvalue weighted by molar-refractivity contribution is -0.142. The van der Waals surface area contributed by atoms with E-state index in [1.165, 1.54) is 7.11 Å². The maximum absolute atomic E-state index is 13.2. The molecule has 4 rings (SSSR count). The number of nitrogens with one attached hydrogen (secondary N) is 2. The Morgan fingerprint density at radius 3 is 2.03 bits per heavy atom. The van der Waals surface area contributed by atoms with Crippen LogP contribution in [0.1, 0.15) is 15.9 Å². The number of amides is 1. The predicted molar refractivity (Wildman–Crippen MR) is 148 cm³/mol. The molecule has 0 saturated carbocycles. The van der Waals surface area contributed by atoms with Crippen molar-refractivity contribution in [3.63, 3.8) is 0 Å². The molecule has 0 fully saturated rings. The molecular formula is C29H26Cl2N2O5. The SMILES string of the molecule is COC(=O)[C@H](Cc1ccc(-c2c(OC)cccc2OC)cc1)NC(=O)c1c(Cl)cc(-c2ccc[nH]2)cc1Cl. The predicted octanol–water partition coefficient (Wildman–Crippen LogP) is 6.19. The van der Waals surface area contributed by atoms with Crippen LogP contribution in [0.25, 0.3) is 22.4 Å². The summed E-state index contributed by atoms with van der Waals surface area (Å²) in [6.07, 6.45) is 1.97. The lowest BCUT2D eigenvalue weighted by atomic mass is 9.99. The number of benzene rings is 3. The average molecular weight is 553 g/mol. The lowest BCUT2D eigenvalue weighted by Gasteiger charge is -2.18. The number of hydrogen-bond acceptors (Lipinski definition) is 5. The van der Waals surface area contributed by atoms with Crippen LogP contribution in [0.15, 0.2) is 72.9 Å². The zero-order valence-electron chi connectivity index (χ0n) is 21.0. The van der Waals surface area contributed by atoms with Gasteiger partial charge in [0.15, 0.2) is 0 Å². The van der Waals surface area contributed by atoms with Gasteiger partial charge in [-0.05, 0) is 47.5 Å². The lowest BCUT2D eigenvalue weighted by Crippen LogP contribution is -2.43. The first-order valence-electron chi connectivity index (χ1n) is 11.7. The Labute approximate surface area is 230 Å². The Bertz CT molecular complexity index is 1390. The quantitative estimate of drug-likeness (QED) is 0.242. The molecule has 0 saturated heterocycles. The van der Waals surface area contributed by atoms with Gasteiger partial charge < -0.3 is 24.5 Å². The summed E-state index contributed by atoms with van der Waals surface area (Å²) in [6, 6.07) is 19.1. The van der Waals surface area contributed by atoms with Crippen LogP contribution < -0.4 is 14.8 Å². The van der Waals surface area contributed by atoms with E-state index in [2.05, 4.69) is 10.3 Å². The fourth-order valence-electron chi connectivity index (χ4n) is 4.20. The number of methoxy groups -OCH3 is 3. The molecule has 0 aliphatic carbocycles. The molecule has 0 unspecified atom stereocenters. The van der Waals surface area contributed by atoms with E-state index in [1.54, 1.807) is 32.5 Å². The third-order valence-electron chi connectivity index (χ3n) is 6.08. The van der Waals surface area contributed by atoms with Gasteiger partial charge in [0.1, 0.15) is 17.5 Å². The second-order valence-corrected chi connectivity index (χ2v) is 9.20. The molecule has 1 heterocycles. The van der Waals surface area contributed by atoms with Crippen LogP contribution in [0.2, 0.25) is 10.0 Å². The Morgan fingerprint density at radius 2 is 1.50 bits per heavy atom. The number of esters is 1. The molecule has 1 atom stereocenters. The molecule has 196 valence electrons. The van der Waals surface area contributed by atoms with Crippen molar-refractivity contribution in [3.8, 4) is 33.9 Å². The van der Waals surface area contributed by atoms with Crippen LogP contribution >= 0.6 is 23.2 Å². The fraction of sp³-hybridized carbons (Fsp3) is 0.172. The van der Waals surface area contributed by atoms with Gasteiger partial charge in [0.05, 0.1) is 42.5 Å². The van der Waals surface area contributed by atoms with Gasteiger partial charge in [-0.2, -0.15) is 0 Å². The molecule has 0 spiro atoms. The third-order valence-corrected chi connectivity index (χ3v) is 6.68. The minimum Gasteiger partial charge on any atom is -0.496 e. The summed E-state index contributed by atoms with van der Waals surface area (Å²) in [4.78, 5) is 28.8. The molecule has 2 N–H and O–H groups in total. The van der Waals surface area contributed by atoms with Crippen molar-refractivity contribution in [1.82, 2.24) is 10.3 Å². The number of carbonyl (C=O) groups is 2. The second-order valence-electron chi connectivity index (χ2n) is 8.39. The minimum absolute atomic E-state index is 0.0798. The number of H-pyrrole nitrogens is 1. The van der Waals surface area contributed by atoms with E-state index < -0.39 is 17.9 Å². The Kier molecular flexibility index (Phi) is 8.61. The molecule has 0 aliphatic heterocycles. The molecule has 1 aromatic heterocycles. The van der Waals surface area contributed by atoms with Crippen LogP contribution in [0.5, 0.6) is 11.5 Å². The largest absolute Gasteiger partial charge is 0.496 e. The zero-order valence-corrected chi connectivity index (χ0v) is 22.5. The Morgan fingerprint density at radius 1 is 0.868 bits per heavy atom. The van der Waals surface area contributed by atoms with Gasteiger partial charge in [0.25, 0.3) is 5.91 Å². The van der Waals surface area contributed by atoms with E-state index in [0.29, 0.717) is 11.5 Å². The topological polar surface area (TPSA) is 89.7 Å². The normalized spacial score (nSPS) is 11.5. The first kappa shape index (κ1) is 27.1. The van der Waals surface area contributed by atoms with Crippen LogP contribution in [-0.4, -0.2) is 44.2 Å². The van der Waals surface area contributed by atoms with Gasteiger partial charge in [-0.15, -0.1) is 0 Å². The molecule has 0 radical (unpaired) electrons. The maximum atomic E-state index is 13.2. The fourth-order valence-corrected chi connectivity index (χ4v) is 4.86. The van der Waals surface area contributed by atoms with E-state index in [0.717, 1.165) is 27.9 Å². The van der Waals surface area contributed by atoms with Gasteiger partial charge in [0, 0.05) is 23.9 Å². The van der Waals surface area contributed by atoms with Crippen molar-refractivity contribution in [2.75, 3.05) is 21.3 Å². The third kappa shape index (κ3) is 5.79.